The minimum Gasteiger partial charge on any atom is -0.379 e. The van der Waals surface area contributed by atoms with Crippen LogP contribution in [0.2, 0.25) is 0 Å². The smallest absolute Gasteiger partial charge is 0.339 e. The van der Waals surface area contributed by atoms with Crippen LogP contribution in [0.3, 0.4) is 0 Å². The zero-order valence-corrected chi connectivity index (χ0v) is 19.4. The first-order valence-corrected chi connectivity index (χ1v) is 13.0. The Labute approximate surface area is 199 Å². The van der Waals surface area contributed by atoms with Crippen molar-refractivity contribution in [1.82, 2.24) is 0 Å². The Bertz CT molecular complexity index is 1400. The largest absolute Gasteiger partial charge is 0.379 e. The lowest BCUT2D eigenvalue weighted by molar-refractivity contribution is 0.484. The molecule has 172 valence electrons. The average Bonchev–Trinajstić information content (AvgIpc) is 2.84. The van der Waals surface area contributed by atoms with Gasteiger partial charge in [-0.05, 0) is 47.5 Å². The molecule has 0 aliphatic carbocycles. The third kappa shape index (κ3) is 5.54. The summed E-state index contributed by atoms with van der Waals surface area (Å²) in [6.07, 6.45) is 3.05. The summed E-state index contributed by atoms with van der Waals surface area (Å²) in [4.78, 5) is -0.0908. The Morgan fingerprint density at radius 3 is 1.15 bits per heavy atom. The molecule has 4 aromatic rings. The van der Waals surface area contributed by atoms with Crippen molar-refractivity contribution in [2.24, 2.45) is 0 Å². The lowest BCUT2D eigenvalue weighted by atomic mass is 10.1. The van der Waals surface area contributed by atoms with Gasteiger partial charge < -0.3 is 8.37 Å². The lowest BCUT2D eigenvalue weighted by Gasteiger charge is -2.10. The Kier molecular flexibility index (Phi) is 6.81. The fourth-order valence-electron chi connectivity index (χ4n) is 3.17. The van der Waals surface area contributed by atoms with E-state index in [4.69, 9.17) is 8.37 Å². The summed E-state index contributed by atoms with van der Waals surface area (Å²) in [6.45, 7) is 0. The molecule has 0 aliphatic rings. The third-order valence-corrected chi connectivity index (χ3v) is 7.36. The van der Waals surface area contributed by atoms with Crippen LogP contribution >= 0.6 is 0 Å². The van der Waals surface area contributed by atoms with E-state index < -0.39 is 20.2 Å². The predicted molar refractivity (Wildman–Crippen MR) is 130 cm³/mol. The molecule has 0 spiro atoms. The molecule has 0 heterocycles. The Morgan fingerprint density at radius 1 is 0.441 bits per heavy atom. The SMILES string of the molecule is O=S(=O)(Oc1ccccc1)c1ccccc1/C=C/c1ccccc1S(=O)(=O)Oc1ccccc1. The van der Waals surface area contributed by atoms with Gasteiger partial charge in [0.2, 0.25) is 0 Å². The molecule has 0 unspecified atom stereocenters. The highest BCUT2D eigenvalue weighted by Crippen LogP contribution is 2.26. The zero-order chi connectivity index (χ0) is 24.0. The van der Waals surface area contributed by atoms with Crippen molar-refractivity contribution >= 4 is 32.4 Å². The van der Waals surface area contributed by atoms with Gasteiger partial charge in [-0.15, -0.1) is 0 Å². The highest BCUT2D eigenvalue weighted by atomic mass is 32.2. The molecule has 0 saturated heterocycles. The van der Waals surface area contributed by atoms with Crippen molar-refractivity contribution in [3.8, 4) is 11.5 Å². The number of hydrogen-bond acceptors (Lipinski definition) is 6. The Hall–Kier alpha value is -3.88. The van der Waals surface area contributed by atoms with E-state index >= 15 is 0 Å². The summed E-state index contributed by atoms with van der Waals surface area (Å²) >= 11 is 0. The number of para-hydroxylation sites is 2. The van der Waals surface area contributed by atoms with Gasteiger partial charge in [-0.2, -0.15) is 16.8 Å². The summed E-state index contributed by atoms with van der Waals surface area (Å²) in [5.41, 5.74) is 0.684. The summed E-state index contributed by atoms with van der Waals surface area (Å²) in [5, 5.41) is 0. The maximum atomic E-state index is 12.9. The molecule has 6 nitrogen and oxygen atoms in total. The summed E-state index contributed by atoms with van der Waals surface area (Å²) < 4.78 is 62.1. The molecule has 0 atom stereocenters. The first kappa shape index (κ1) is 23.3. The van der Waals surface area contributed by atoms with E-state index in [9.17, 15) is 16.8 Å². The van der Waals surface area contributed by atoms with Gasteiger partial charge in [-0.3, -0.25) is 0 Å². The molecule has 0 aromatic heterocycles. The molecule has 0 bridgehead atoms. The molecule has 4 rings (SSSR count). The average molecular weight is 493 g/mol. The normalized spacial score (nSPS) is 11.9. The number of hydrogen-bond donors (Lipinski definition) is 0. The molecular formula is C26H20O6S2. The quantitative estimate of drug-likeness (QED) is 0.242. The van der Waals surface area contributed by atoms with E-state index in [2.05, 4.69) is 0 Å². The Balaban J connectivity index is 1.66. The second kappa shape index (κ2) is 9.94. The van der Waals surface area contributed by atoms with E-state index in [1.807, 2.05) is 0 Å². The van der Waals surface area contributed by atoms with Crippen LogP contribution in [0, 0.1) is 0 Å². The third-order valence-electron chi connectivity index (χ3n) is 4.72. The van der Waals surface area contributed by atoms with Gasteiger partial charge in [0.15, 0.2) is 0 Å². The highest BCUT2D eigenvalue weighted by molar-refractivity contribution is 7.87. The van der Waals surface area contributed by atoms with Crippen LogP contribution < -0.4 is 8.37 Å². The highest BCUT2D eigenvalue weighted by Gasteiger charge is 2.21. The standard InChI is InChI=1S/C26H20O6S2/c27-33(28,31-23-13-3-1-4-14-23)25-17-9-7-11-21(25)19-20-22-12-8-10-18-26(22)34(29,30)32-24-15-5-2-6-16-24/h1-20H/b20-19+. The second-order valence-corrected chi connectivity index (χ2v) is 10.1. The monoisotopic (exact) mass is 492 g/mol. The van der Waals surface area contributed by atoms with Gasteiger partial charge in [0, 0.05) is 0 Å². The molecule has 0 N–H and O–H groups in total. The maximum Gasteiger partial charge on any atom is 0.339 e. The topological polar surface area (TPSA) is 86.7 Å². The van der Waals surface area contributed by atoms with Gasteiger partial charge >= 0.3 is 20.2 Å². The summed E-state index contributed by atoms with van der Waals surface area (Å²) in [6, 6.07) is 29.0. The van der Waals surface area contributed by atoms with Crippen LogP contribution in [-0.2, 0) is 20.2 Å². The van der Waals surface area contributed by atoms with E-state index in [-0.39, 0.29) is 21.3 Å². The predicted octanol–water partition coefficient (Wildman–Crippen LogP) is 5.39. The lowest BCUT2D eigenvalue weighted by Crippen LogP contribution is -2.11. The maximum absolute atomic E-state index is 12.9. The van der Waals surface area contributed by atoms with Gasteiger partial charge in [0.1, 0.15) is 21.3 Å². The van der Waals surface area contributed by atoms with Crippen molar-refractivity contribution in [3.63, 3.8) is 0 Å². The van der Waals surface area contributed by atoms with Gasteiger partial charge in [-0.1, -0.05) is 84.9 Å². The fraction of sp³-hybridized carbons (Fsp3) is 0. The zero-order valence-electron chi connectivity index (χ0n) is 17.8. The van der Waals surface area contributed by atoms with Crippen LogP contribution in [0.4, 0.5) is 0 Å². The van der Waals surface area contributed by atoms with Crippen LogP contribution in [0.25, 0.3) is 12.2 Å². The minimum atomic E-state index is -4.12. The van der Waals surface area contributed by atoms with Crippen molar-refractivity contribution in [3.05, 3.63) is 120 Å². The van der Waals surface area contributed by atoms with E-state index in [1.54, 1.807) is 97.1 Å². The molecule has 0 fully saturated rings. The van der Waals surface area contributed by atoms with Gasteiger partial charge in [0.25, 0.3) is 0 Å². The van der Waals surface area contributed by atoms with Gasteiger partial charge in [-0.25, -0.2) is 0 Å². The van der Waals surface area contributed by atoms with E-state index in [1.165, 1.54) is 24.3 Å². The fourth-order valence-corrected chi connectivity index (χ4v) is 5.42. The molecule has 0 amide bonds. The van der Waals surface area contributed by atoms with Crippen molar-refractivity contribution in [2.45, 2.75) is 9.79 Å². The number of rotatable bonds is 8. The summed E-state index contributed by atoms with van der Waals surface area (Å²) in [7, 11) is -8.24. The number of benzene rings is 4. The van der Waals surface area contributed by atoms with Crippen molar-refractivity contribution in [2.75, 3.05) is 0 Å². The van der Waals surface area contributed by atoms with E-state index in [0.717, 1.165) is 0 Å². The first-order valence-electron chi connectivity index (χ1n) is 10.2. The summed E-state index contributed by atoms with van der Waals surface area (Å²) in [5.74, 6) is 0.381. The molecule has 0 radical (unpaired) electrons. The van der Waals surface area contributed by atoms with Crippen LogP contribution in [0.1, 0.15) is 11.1 Å². The Morgan fingerprint density at radius 2 is 0.765 bits per heavy atom. The second-order valence-electron chi connectivity index (χ2n) is 7.11. The first-order chi connectivity index (χ1) is 16.4. The molecule has 34 heavy (non-hydrogen) atoms. The molecule has 4 aromatic carbocycles. The van der Waals surface area contributed by atoms with Crippen molar-refractivity contribution in [1.29, 1.82) is 0 Å². The molecule has 8 heteroatoms. The van der Waals surface area contributed by atoms with Crippen LogP contribution in [0.15, 0.2) is 119 Å². The molecule has 0 saturated carbocycles. The van der Waals surface area contributed by atoms with Crippen LogP contribution in [0.5, 0.6) is 11.5 Å². The molecule has 0 aliphatic heterocycles. The van der Waals surface area contributed by atoms with Crippen LogP contribution in [-0.4, -0.2) is 16.8 Å². The van der Waals surface area contributed by atoms with E-state index in [0.29, 0.717) is 11.1 Å². The molecular weight excluding hydrogens is 472 g/mol. The van der Waals surface area contributed by atoms with Gasteiger partial charge in [0.05, 0.1) is 0 Å². The minimum absolute atomic E-state index is 0.0454. The van der Waals surface area contributed by atoms with Crippen molar-refractivity contribution < 1.29 is 25.2 Å².